The molecule has 1 fully saturated rings. The van der Waals surface area contributed by atoms with Crippen molar-refractivity contribution >= 4 is 17.5 Å². The highest BCUT2D eigenvalue weighted by Gasteiger charge is 2.16. The lowest BCUT2D eigenvalue weighted by molar-refractivity contribution is 0.0995. The van der Waals surface area contributed by atoms with Crippen LogP contribution >= 0.6 is 0 Å². The summed E-state index contributed by atoms with van der Waals surface area (Å²) in [4.78, 5) is 23.2. The van der Waals surface area contributed by atoms with Gasteiger partial charge in [0, 0.05) is 16.8 Å². The van der Waals surface area contributed by atoms with E-state index in [4.69, 9.17) is 10.5 Å². The minimum Gasteiger partial charge on any atom is -0.490 e. The Bertz CT molecular complexity index is 717. The van der Waals surface area contributed by atoms with Crippen molar-refractivity contribution in [1.82, 2.24) is 0 Å². The van der Waals surface area contributed by atoms with Crippen molar-refractivity contribution in [2.75, 3.05) is 5.32 Å². The minimum absolute atomic E-state index is 0.240. The fourth-order valence-corrected chi connectivity index (χ4v) is 2.80. The number of amides is 2. The molecule has 0 aromatic heterocycles. The third-order valence-electron chi connectivity index (χ3n) is 4.15. The van der Waals surface area contributed by atoms with Gasteiger partial charge in [-0.15, -0.1) is 0 Å². The van der Waals surface area contributed by atoms with Crippen molar-refractivity contribution in [2.24, 2.45) is 5.73 Å². The van der Waals surface area contributed by atoms with Gasteiger partial charge in [-0.1, -0.05) is 0 Å². The number of benzene rings is 2. The average Bonchev–Trinajstić information content (AvgIpc) is 3.09. The Morgan fingerprint density at radius 1 is 0.917 bits per heavy atom. The SMILES string of the molecule is NC(=O)c1ccc(C(=O)Nc2ccc(OC3CCCC3)cc2)cc1. The molecule has 2 aromatic rings. The molecule has 0 atom stereocenters. The maximum Gasteiger partial charge on any atom is 0.255 e. The van der Waals surface area contributed by atoms with Crippen LogP contribution in [0.2, 0.25) is 0 Å². The smallest absolute Gasteiger partial charge is 0.255 e. The van der Waals surface area contributed by atoms with Crippen molar-refractivity contribution in [3.63, 3.8) is 0 Å². The van der Waals surface area contributed by atoms with Gasteiger partial charge in [-0.2, -0.15) is 0 Å². The first-order chi connectivity index (χ1) is 11.6. The van der Waals surface area contributed by atoms with Gasteiger partial charge in [0.1, 0.15) is 5.75 Å². The summed E-state index contributed by atoms with van der Waals surface area (Å²) in [6, 6.07) is 13.6. The molecule has 5 heteroatoms. The Kier molecular flexibility index (Phi) is 4.79. The molecule has 0 bridgehead atoms. The summed E-state index contributed by atoms with van der Waals surface area (Å²) >= 11 is 0. The van der Waals surface area contributed by atoms with E-state index in [1.165, 1.54) is 25.0 Å². The van der Waals surface area contributed by atoms with Crippen LogP contribution in [0.3, 0.4) is 0 Å². The Hall–Kier alpha value is -2.82. The number of carbonyl (C=O) groups is 2. The fraction of sp³-hybridized carbons (Fsp3) is 0.263. The van der Waals surface area contributed by atoms with Crippen LogP contribution in [0.1, 0.15) is 46.4 Å². The number of primary amides is 1. The fourth-order valence-electron chi connectivity index (χ4n) is 2.80. The van der Waals surface area contributed by atoms with Gasteiger partial charge in [-0.05, 0) is 74.2 Å². The van der Waals surface area contributed by atoms with Crippen LogP contribution in [-0.4, -0.2) is 17.9 Å². The molecular weight excluding hydrogens is 304 g/mol. The maximum atomic E-state index is 12.2. The summed E-state index contributed by atoms with van der Waals surface area (Å²) < 4.78 is 5.90. The summed E-state index contributed by atoms with van der Waals surface area (Å²) in [5.41, 5.74) is 6.72. The van der Waals surface area contributed by atoms with Gasteiger partial charge in [0.25, 0.3) is 5.91 Å². The van der Waals surface area contributed by atoms with Gasteiger partial charge in [0.15, 0.2) is 0 Å². The summed E-state index contributed by atoms with van der Waals surface area (Å²) in [6.07, 6.45) is 4.99. The second-order valence-corrected chi connectivity index (χ2v) is 5.94. The first kappa shape index (κ1) is 16.1. The Morgan fingerprint density at radius 3 is 2.08 bits per heavy atom. The van der Waals surface area contributed by atoms with Crippen molar-refractivity contribution < 1.29 is 14.3 Å². The number of ether oxygens (including phenoxy) is 1. The number of hydrogen-bond donors (Lipinski definition) is 2. The second kappa shape index (κ2) is 7.17. The number of carbonyl (C=O) groups excluding carboxylic acids is 2. The average molecular weight is 324 g/mol. The predicted molar refractivity (Wildman–Crippen MR) is 92.2 cm³/mol. The number of nitrogens with two attached hydrogens (primary N) is 1. The minimum atomic E-state index is -0.514. The van der Waals surface area contributed by atoms with Crippen molar-refractivity contribution in [3.8, 4) is 5.75 Å². The molecule has 24 heavy (non-hydrogen) atoms. The van der Waals surface area contributed by atoms with Crippen LogP contribution < -0.4 is 15.8 Å². The number of anilines is 1. The van der Waals surface area contributed by atoms with E-state index in [1.54, 1.807) is 12.1 Å². The molecule has 124 valence electrons. The van der Waals surface area contributed by atoms with Crippen LogP contribution in [0.4, 0.5) is 5.69 Å². The number of rotatable bonds is 5. The Balaban J connectivity index is 1.60. The van der Waals surface area contributed by atoms with E-state index in [0.29, 0.717) is 22.9 Å². The third-order valence-corrected chi connectivity index (χ3v) is 4.15. The molecule has 0 spiro atoms. The normalized spacial score (nSPS) is 14.3. The van der Waals surface area contributed by atoms with Gasteiger partial charge in [0.05, 0.1) is 6.10 Å². The molecule has 5 nitrogen and oxygen atoms in total. The topological polar surface area (TPSA) is 81.4 Å². The van der Waals surface area contributed by atoms with Crippen molar-refractivity contribution in [3.05, 3.63) is 59.7 Å². The Morgan fingerprint density at radius 2 is 1.50 bits per heavy atom. The molecule has 0 radical (unpaired) electrons. The number of hydrogen-bond acceptors (Lipinski definition) is 3. The summed E-state index contributed by atoms with van der Waals surface area (Å²) in [5.74, 6) is 0.0704. The predicted octanol–water partition coefficient (Wildman–Crippen LogP) is 3.36. The van der Waals surface area contributed by atoms with E-state index in [0.717, 1.165) is 18.6 Å². The molecule has 1 aliphatic carbocycles. The molecule has 0 unspecified atom stereocenters. The molecule has 3 N–H and O–H groups in total. The zero-order valence-electron chi connectivity index (χ0n) is 13.3. The molecule has 3 rings (SSSR count). The van der Waals surface area contributed by atoms with E-state index < -0.39 is 5.91 Å². The largest absolute Gasteiger partial charge is 0.490 e. The van der Waals surface area contributed by atoms with Crippen LogP contribution in [-0.2, 0) is 0 Å². The molecular formula is C19H20N2O3. The van der Waals surface area contributed by atoms with E-state index in [-0.39, 0.29) is 5.91 Å². The monoisotopic (exact) mass is 324 g/mol. The highest BCUT2D eigenvalue weighted by Crippen LogP contribution is 2.25. The molecule has 0 heterocycles. The van der Waals surface area contributed by atoms with Crippen LogP contribution in [0.25, 0.3) is 0 Å². The van der Waals surface area contributed by atoms with E-state index in [1.807, 2.05) is 24.3 Å². The molecule has 2 amide bonds. The highest BCUT2D eigenvalue weighted by molar-refractivity contribution is 6.05. The third kappa shape index (κ3) is 3.93. The van der Waals surface area contributed by atoms with Crippen LogP contribution in [0, 0.1) is 0 Å². The van der Waals surface area contributed by atoms with Gasteiger partial charge in [0.2, 0.25) is 5.91 Å². The molecule has 0 saturated heterocycles. The summed E-state index contributed by atoms with van der Waals surface area (Å²) in [7, 11) is 0. The van der Waals surface area contributed by atoms with E-state index in [2.05, 4.69) is 5.32 Å². The van der Waals surface area contributed by atoms with Crippen LogP contribution in [0.5, 0.6) is 5.75 Å². The summed E-state index contributed by atoms with van der Waals surface area (Å²) in [6.45, 7) is 0. The zero-order valence-corrected chi connectivity index (χ0v) is 13.3. The van der Waals surface area contributed by atoms with E-state index in [9.17, 15) is 9.59 Å². The highest BCUT2D eigenvalue weighted by atomic mass is 16.5. The number of nitrogens with one attached hydrogen (secondary N) is 1. The molecule has 2 aromatic carbocycles. The Labute approximate surface area is 140 Å². The quantitative estimate of drug-likeness (QED) is 0.885. The zero-order chi connectivity index (χ0) is 16.9. The maximum absolute atomic E-state index is 12.2. The van der Waals surface area contributed by atoms with Crippen molar-refractivity contribution in [2.45, 2.75) is 31.8 Å². The lowest BCUT2D eigenvalue weighted by atomic mass is 10.1. The first-order valence-corrected chi connectivity index (χ1v) is 8.10. The molecule has 1 saturated carbocycles. The van der Waals surface area contributed by atoms with Gasteiger partial charge in [-0.3, -0.25) is 9.59 Å². The first-order valence-electron chi connectivity index (χ1n) is 8.10. The second-order valence-electron chi connectivity index (χ2n) is 5.94. The standard InChI is InChI=1S/C19H20N2O3/c20-18(22)13-5-7-14(8-6-13)19(23)21-15-9-11-17(12-10-15)24-16-3-1-2-4-16/h5-12,16H,1-4H2,(H2,20,22)(H,21,23). The van der Waals surface area contributed by atoms with Gasteiger partial charge < -0.3 is 15.8 Å². The molecule has 1 aliphatic rings. The lowest BCUT2D eigenvalue weighted by Gasteiger charge is -2.13. The van der Waals surface area contributed by atoms with E-state index >= 15 is 0 Å². The van der Waals surface area contributed by atoms with Crippen molar-refractivity contribution in [1.29, 1.82) is 0 Å². The van der Waals surface area contributed by atoms with Crippen LogP contribution in [0.15, 0.2) is 48.5 Å². The van der Waals surface area contributed by atoms with Gasteiger partial charge in [-0.25, -0.2) is 0 Å². The lowest BCUT2D eigenvalue weighted by Crippen LogP contribution is -2.14. The molecule has 0 aliphatic heterocycles. The summed E-state index contributed by atoms with van der Waals surface area (Å²) in [5, 5.41) is 2.82. The van der Waals surface area contributed by atoms with Gasteiger partial charge >= 0.3 is 0 Å².